The van der Waals surface area contributed by atoms with E-state index >= 15 is 0 Å². The van der Waals surface area contributed by atoms with Gasteiger partial charge < -0.3 is 11.1 Å². The zero-order chi connectivity index (χ0) is 15.8. The van der Waals surface area contributed by atoms with Gasteiger partial charge in [-0.2, -0.15) is 0 Å². The van der Waals surface area contributed by atoms with E-state index in [1.807, 2.05) is 30.5 Å². The Balaban J connectivity index is 1.34. The third-order valence-electron chi connectivity index (χ3n) is 5.68. The first-order chi connectivity index (χ1) is 11.2. The lowest BCUT2D eigenvalue weighted by molar-refractivity contribution is -0.124. The molecule has 4 heteroatoms. The number of nitrogens with zero attached hydrogens (tertiary/aromatic N) is 1. The Morgan fingerprint density at radius 3 is 2.91 bits per heavy atom. The number of rotatable bonds is 4. The Morgan fingerprint density at radius 2 is 2.09 bits per heavy atom. The molecule has 0 bridgehead atoms. The smallest absolute Gasteiger partial charge is 0.223 e. The van der Waals surface area contributed by atoms with E-state index in [2.05, 4.69) is 16.4 Å². The van der Waals surface area contributed by atoms with Gasteiger partial charge in [-0.15, -0.1) is 0 Å². The Morgan fingerprint density at radius 1 is 1.22 bits per heavy atom. The molecule has 1 unspecified atom stereocenters. The fourth-order valence-corrected chi connectivity index (χ4v) is 4.33. The van der Waals surface area contributed by atoms with Crippen LogP contribution in [0.4, 0.5) is 0 Å². The molecule has 23 heavy (non-hydrogen) atoms. The number of carbonyl (C=O) groups is 1. The number of nitrogens with two attached hydrogens (primary N) is 1. The molecule has 3 N–H and O–H groups in total. The van der Waals surface area contributed by atoms with Gasteiger partial charge in [-0.1, -0.05) is 18.2 Å². The first-order valence-corrected chi connectivity index (χ1v) is 8.58. The number of para-hydroxylation sites is 1. The van der Waals surface area contributed by atoms with Crippen molar-refractivity contribution in [2.45, 2.75) is 31.7 Å². The summed E-state index contributed by atoms with van der Waals surface area (Å²) in [7, 11) is 0. The summed E-state index contributed by atoms with van der Waals surface area (Å²) in [6.07, 6.45) is 5.80. The molecule has 2 aliphatic carbocycles. The van der Waals surface area contributed by atoms with Crippen molar-refractivity contribution < 1.29 is 4.79 Å². The van der Waals surface area contributed by atoms with Crippen LogP contribution in [0.15, 0.2) is 36.5 Å². The third kappa shape index (κ3) is 2.72. The standard InChI is InChI=1S/C19H23N3O/c20-17-11-13-9-14(10-16(13)17)19(23)22-8-6-12-5-7-21-18-4-2-1-3-15(12)18/h1-5,7,13-14,16-17H,6,8-11,20H2,(H,22,23)/t13-,14?,16-,17+/m0/s1. The molecule has 0 aliphatic heterocycles. The van der Waals surface area contributed by atoms with Gasteiger partial charge in [0.2, 0.25) is 5.91 Å². The van der Waals surface area contributed by atoms with Crippen molar-refractivity contribution in [2.24, 2.45) is 23.5 Å². The minimum atomic E-state index is 0.174. The average molecular weight is 309 g/mol. The van der Waals surface area contributed by atoms with Crippen LogP contribution in [0.5, 0.6) is 0 Å². The van der Waals surface area contributed by atoms with E-state index in [0.717, 1.165) is 31.2 Å². The molecule has 1 amide bonds. The van der Waals surface area contributed by atoms with E-state index in [1.165, 1.54) is 10.9 Å². The zero-order valence-corrected chi connectivity index (χ0v) is 13.2. The second-order valence-electron chi connectivity index (χ2n) is 7.02. The first kappa shape index (κ1) is 14.6. The number of carbonyl (C=O) groups excluding carboxylic acids is 1. The maximum absolute atomic E-state index is 12.4. The number of fused-ring (bicyclic) bond motifs is 2. The molecule has 120 valence electrons. The molecule has 4 rings (SSSR count). The molecule has 1 aromatic heterocycles. The fraction of sp³-hybridized carbons (Fsp3) is 0.474. The van der Waals surface area contributed by atoms with Crippen LogP contribution in [0.25, 0.3) is 10.9 Å². The Labute approximate surface area is 136 Å². The van der Waals surface area contributed by atoms with Crippen LogP contribution in [0.3, 0.4) is 0 Å². The summed E-state index contributed by atoms with van der Waals surface area (Å²) in [4.78, 5) is 16.7. The first-order valence-electron chi connectivity index (χ1n) is 8.58. The highest BCUT2D eigenvalue weighted by Crippen LogP contribution is 2.48. The fourth-order valence-electron chi connectivity index (χ4n) is 4.33. The quantitative estimate of drug-likeness (QED) is 0.910. The van der Waals surface area contributed by atoms with Crippen molar-refractivity contribution in [3.63, 3.8) is 0 Å². The summed E-state index contributed by atoms with van der Waals surface area (Å²) in [5.74, 6) is 1.68. The predicted octanol–water partition coefficient (Wildman–Crippen LogP) is 2.27. The molecule has 0 spiro atoms. The molecule has 1 aromatic carbocycles. The van der Waals surface area contributed by atoms with Crippen molar-refractivity contribution >= 4 is 16.8 Å². The molecule has 2 aliphatic rings. The van der Waals surface area contributed by atoms with Gasteiger partial charge in [0.05, 0.1) is 5.52 Å². The molecular weight excluding hydrogens is 286 g/mol. The van der Waals surface area contributed by atoms with Crippen molar-refractivity contribution in [1.29, 1.82) is 0 Å². The predicted molar refractivity (Wildman–Crippen MR) is 90.8 cm³/mol. The van der Waals surface area contributed by atoms with Gasteiger partial charge in [-0.3, -0.25) is 9.78 Å². The number of hydrogen-bond donors (Lipinski definition) is 2. The average Bonchev–Trinajstić information content (AvgIpc) is 2.92. The molecule has 4 nitrogen and oxygen atoms in total. The highest BCUT2D eigenvalue weighted by Gasteiger charge is 2.47. The number of nitrogens with one attached hydrogen (secondary N) is 1. The number of benzene rings is 1. The van der Waals surface area contributed by atoms with E-state index in [4.69, 9.17) is 5.73 Å². The summed E-state index contributed by atoms with van der Waals surface area (Å²) in [5, 5.41) is 4.30. The molecule has 4 atom stereocenters. The number of pyridine rings is 1. The highest BCUT2D eigenvalue weighted by atomic mass is 16.1. The van der Waals surface area contributed by atoms with E-state index in [1.54, 1.807) is 0 Å². The topological polar surface area (TPSA) is 68.0 Å². The van der Waals surface area contributed by atoms with Crippen LogP contribution in [0, 0.1) is 17.8 Å². The van der Waals surface area contributed by atoms with E-state index < -0.39 is 0 Å². The van der Waals surface area contributed by atoms with Crippen LogP contribution < -0.4 is 11.1 Å². The van der Waals surface area contributed by atoms with Crippen molar-refractivity contribution in [3.05, 3.63) is 42.1 Å². The Bertz CT molecular complexity index is 724. The zero-order valence-electron chi connectivity index (χ0n) is 13.2. The van der Waals surface area contributed by atoms with Crippen LogP contribution in [-0.4, -0.2) is 23.5 Å². The SMILES string of the molecule is N[C@@H]1C[C@@H]2CC(C(=O)NCCc3ccnc4ccccc34)C[C@@H]21. The van der Waals surface area contributed by atoms with Gasteiger partial charge in [0, 0.05) is 30.1 Å². The van der Waals surface area contributed by atoms with Gasteiger partial charge in [-0.25, -0.2) is 0 Å². The summed E-state index contributed by atoms with van der Waals surface area (Å²) < 4.78 is 0. The molecule has 0 saturated heterocycles. The molecule has 0 radical (unpaired) electrons. The van der Waals surface area contributed by atoms with Crippen molar-refractivity contribution in [2.75, 3.05) is 6.54 Å². The van der Waals surface area contributed by atoms with Crippen molar-refractivity contribution in [1.82, 2.24) is 10.3 Å². The van der Waals surface area contributed by atoms with Crippen LogP contribution in [0.1, 0.15) is 24.8 Å². The van der Waals surface area contributed by atoms with E-state index in [-0.39, 0.29) is 11.8 Å². The van der Waals surface area contributed by atoms with E-state index in [9.17, 15) is 4.79 Å². The lowest BCUT2D eigenvalue weighted by Gasteiger charge is -2.37. The maximum atomic E-state index is 12.4. The van der Waals surface area contributed by atoms with Gasteiger partial charge >= 0.3 is 0 Å². The summed E-state index contributed by atoms with van der Waals surface area (Å²) in [6, 6.07) is 10.5. The summed E-state index contributed by atoms with van der Waals surface area (Å²) in [5.41, 5.74) is 8.27. The Hall–Kier alpha value is -1.94. The lowest BCUT2D eigenvalue weighted by atomic mass is 9.72. The lowest BCUT2D eigenvalue weighted by Crippen LogP contribution is -2.44. The van der Waals surface area contributed by atoms with Gasteiger partial charge in [-0.05, 0) is 55.2 Å². The van der Waals surface area contributed by atoms with E-state index in [0.29, 0.717) is 24.4 Å². The summed E-state index contributed by atoms with van der Waals surface area (Å²) >= 11 is 0. The normalized spacial score (nSPS) is 29.1. The van der Waals surface area contributed by atoms with Crippen LogP contribution >= 0.6 is 0 Å². The number of amides is 1. The second kappa shape index (κ2) is 5.93. The van der Waals surface area contributed by atoms with Crippen LogP contribution in [-0.2, 0) is 11.2 Å². The summed E-state index contributed by atoms with van der Waals surface area (Å²) in [6.45, 7) is 0.685. The van der Waals surface area contributed by atoms with Crippen LogP contribution in [0.2, 0.25) is 0 Å². The third-order valence-corrected chi connectivity index (χ3v) is 5.68. The largest absolute Gasteiger partial charge is 0.356 e. The minimum absolute atomic E-state index is 0.174. The van der Waals surface area contributed by atoms with Gasteiger partial charge in [0.15, 0.2) is 0 Å². The number of hydrogen-bond acceptors (Lipinski definition) is 3. The molecule has 2 fully saturated rings. The maximum Gasteiger partial charge on any atom is 0.223 e. The minimum Gasteiger partial charge on any atom is -0.356 e. The Kier molecular flexibility index (Phi) is 3.77. The molecule has 2 saturated carbocycles. The van der Waals surface area contributed by atoms with Gasteiger partial charge in [0.25, 0.3) is 0 Å². The highest BCUT2D eigenvalue weighted by molar-refractivity contribution is 5.82. The molecule has 2 aromatic rings. The van der Waals surface area contributed by atoms with Gasteiger partial charge in [0.1, 0.15) is 0 Å². The number of aromatic nitrogens is 1. The second-order valence-corrected chi connectivity index (χ2v) is 7.02. The molecular formula is C19H23N3O. The monoisotopic (exact) mass is 309 g/mol. The molecule has 1 heterocycles. The van der Waals surface area contributed by atoms with Crippen molar-refractivity contribution in [3.8, 4) is 0 Å².